The fourth-order valence-corrected chi connectivity index (χ4v) is 3.89. The van der Waals surface area contributed by atoms with E-state index in [1.165, 1.54) is 20.2 Å². The average molecular weight is 416 g/mol. The van der Waals surface area contributed by atoms with Crippen molar-refractivity contribution in [2.45, 2.75) is 50.9 Å². The van der Waals surface area contributed by atoms with Crippen LogP contribution in [0.4, 0.5) is 0 Å². The lowest BCUT2D eigenvalue weighted by Gasteiger charge is -2.30. The Labute approximate surface area is 168 Å². The molecule has 1 amide bonds. The zero-order valence-electron chi connectivity index (χ0n) is 17.3. The van der Waals surface area contributed by atoms with Gasteiger partial charge in [-0.1, -0.05) is 0 Å². The lowest BCUT2D eigenvalue weighted by Crippen LogP contribution is -2.40. The number of nitrogens with one attached hydrogen (secondary N) is 1. The van der Waals surface area contributed by atoms with Crippen molar-refractivity contribution in [2.24, 2.45) is 5.92 Å². The van der Waals surface area contributed by atoms with Crippen LogP contribution in [-0.4, -0.2) is 70.0 Å². The smallest absolute Gasteiger partial charge is 0.275 e. The van der Waals surface area contributed by atoms with Gasteiger partial charge in [0.05, 0.1) is 12.6 Å². The number of likely N-dealkylation sites (tertiary alicyclic amines) is 1. The minimum absolute atomic E-state index is 0.0311. The zero-order chi connectivity index (χ0) is 20.7. The van der Waals surface area contributed by atoms with E-state index < -0.39 is 10.0 Å². The molecule has 2 rings (SSSR count). The van der Waals surface area contributed by atoms with Crippen molar-refractivity contribution in [3.63, 3.8) is 0 Å². The molecule has 1 aromatic rings. The molecule has 160 valence electrons. The Morgan fingerprint density at radius 1 is 1.32 bits per heavy atom. The molecular formula is C19H33N3O5S. The number of ether oxygens (including phenoxy) is 1. The first-order valence-electron chi connectivity index (χ1n) is 9.83. The van der Waals surface area contributed by atoms with E-state index in [2.05, 4.69) is 10.2 Å². The monoisotopic (exact) mass is 415 g/mol. The van der Waals surface area contributed by atoms with Gasteiger partial charge >= 0.3 is 0 Å². The van der Waals surface area contributed by atoms with E-state index in [9.17, 15) is 13.2 Å². The number of carbonyl (C=O) groups is 1. The third kappa shape index (κ3) is 6.58. The summed E-state index contributed by atoms with van der Waals surface area (Å²) in [4.78, 5) is 14.5. The summed E-state index contributed by atoms with van der Waals surface area (Å²) in [6, 6.07) is 3.20. The summed E-state index contributed by atoms with van der Waals surface area (Å²) in [7, 11) is -0.595. The Bertz CT molecular complexity index is 722. The second kappa shape index (κ2) is 10.4. The van der Waals surface area contributed by atoms with E-state index in [0.717, 1.165) is 36.7 Å². The van der Waals surface area contributed by atoms with Crippen LogP contribution in [0.15, 0.2) is 21.6 Å². The van der Waals surface area contributed by atoms with Crippen molar-refractivity contribution < 1.29 is 22.4 Å². The van der Waals surface area contributed by atoms with Crippen molar-refractivity contribution in [3.8, 4) is 0 Å². The fraction of sp³-hybridized carbons (Fsp3) is 0.737. The molecule has 28 heavy (non-hydrogen) atoms. The third-order valence-electron chi connectivity index (χ3n) is 4.78. The van der Waals surface area contributed by atoms with Crippen LogP contribution in [0.2, 0.25) is 0 Å². The molecule has 0 bridgehead atoms. The Morgan fingerprint density at radius 2 is 2.00 bits per heavy atom. The molecule has 0 aliphatic carbocycles. The summed E-state index contributed by atoms with van der Waals surface area (Å²) < 4.78 is 36.3. The maximum atomic E-state index is 12.3. The molecule has 1 aromatic heterocycles. The van der Waals surface area contributed by atoms with Crippen LogP contribution >= 0.6 is 0 Å². The van der Waals surface area contributed by atoms with Gasteiger partial charge in [-0.3, -0.25) is 9.69 Å². The molecule has 2 heterocycles. The maximum absolute atomic E-state index is 12.3. The molecule has 8 nitrogen and oxygen atoms in total. The predicted molar refractivity (Wildman–Crippen MR) is 106 cm³/mol. The van der Waals surface area contributed by atoms with Crippen LogP contribution in [0.5, 0.6) is 0 Å². The van der Waals surface area contributed by atoms with Gasteiger partial charge in [0, 0.05) is 33.2 Å². The van der Waals surface area contributed by atoms with Crippen molar-refractivity contribution in [1.29, 1.82) is 0 Å². The van der Waals surface area contributed by atoms with Crippen molar-refractivity contribution in [2.75, 3.05) is 40.3 Å². The molecule has 0 spiro atoms. The first kappa shape index (κ1) is 22.9. The Morgan fingerprint density at radius 3 is 2.61 bits per heavy atom. The van der Waals surface area contributed by atoms with E-state index in [1.807, 2.05) is 13.8 Å². The SMILES string of the molecule is CC(C)OCCCNC(=O)C1CCN(Cc2ccc(S(=O)(=O)N(C)C)o2)CC1. The molecule has 0 unspecified atom stereocenters. The van der Waals surface area contributed by atoms with Crippen LogP contribution in [0, 0.1) is 5.92 Å². The number of amides is 1. The van der Waals surface area contributed by atoms with Gasteiger partial charge in [0.2, 0.25) is 11.0 Å². The summed E-state index contributed by atoms with van der Waals surface area (Å²) >= 11 is 0. The molecule has 1 fully saturated rings. The number of nitrogens with zero attached hydrogens (tertiary/aromatic N) is 2. The van der Waals surface area contributed by atoms with Gasteiger partial charge in [-0.25, -0.2) is 12.7 Å². The maximum Gasteiger partial charge on any atom is 0.275 e. The topological polar surface area (TPSA) is 92.1 Å². The molecule has 1 N–H and O–H groups in total. The highest BCUT2D eigenvalue weighted by Crippen LogP contribution is 2.22. The fourth-order valence-electron chi connectivity index (χ4n) is 3.08. The summed E-state index contributed by atoms with van der Waals surface area (Å²) in [5.41, 5.74) is 0. The van der Waals surface area contributed by atoms with Gasteiger partial charge in [0.25, 0.3) is 10.0 Å². The summed E-state index contributed by atoms with van der Waals surface area (Å²) in [5, 5.41) is 2.96. The van der Waals surface area contributed by atoms with Crippen LogP contribution in [0.1, 0.15) is 38.9 Å². The first-order valence-corrected chi connectivity index (χ1v) is 11.3. The molecule has 1 aliphatic rings. The number of hydrogen-bond acceptors (Lipinski definition) is 6. The highest BCUT2D eigenvalue weighted by molar-refractivity contribution is 7.88. The summed E-state index contributed by atoms with van der Waals surface area (Å²) in [6.45, 7) is 7.40. The standard InChI is InChI=1S/C19H33N3O5S/c1-15(2)26-13-5-10-20-19(23)16-8-11-22(12-9-16)14-17-6-7-18(27-17)28(24,25)21(3)4/h6-7,15-16H,5,8-14H2,1-4H3,(H,20,23). The van der Waals surface area contributed by atoms with Gasteiger partial charge in [-0.05, 0) is 58.3 Å². The van der Waals surface area contributed by atoms with E-state index >= 15 is 0 Å². The normalized spacial score (nSPS) is 16.8. The highest BCUT2D eigenvalue weighted by Gasteiger charge is 2.26. The molecule has 9 heteroatoms. The minimum atomic E-state index is -3.55. The van der Waals surface area contributed by atoms with Gasteiger partial charge in [0.1, 0.15) is 5.76 Å². The molecular weight excluding hydrogens is 382 g/mol. The molecule has 0 aromatic carbocycles. The predicted octanol–water partition coefficient (Wildman–Crippen LogP) is 1.67. The number of sulfonamides is 1. The molecule has 1 saturated heterocycles. The number of furan rings is 1. The second-order valence-electron chi connectivity index (χ2n) is 7.62. The molecule has 1 aliphatic heterocycles. The number of piperidine rings is 1. The summed E-state index contributed by atoms with van der Waals surface area (Å²) in [5.74, 6) is 0.763. The Kier molecular flexibility index (Phi) is 8.48. The number of carbonyl (C=O) groups excluding carboxylic acids is 1. The average Bonchev–Trinajstić information content (AvgIpc) is 3.10. The van der Waals surface area contributed by atoms with Gasteiger partial charge in [-0.2, -0.15) is 0 Å². The van der Waals surface area contributed by atoms with E-state index in [1.54, 1.807) is 6.07 Å². The van der Waals surface area contributed by atoms with Crippen LogP contribution < -0.4 is 5.32 Å². The Balaban J connectivity index is 1.72. The van der Waals surface area contributed by atoms with E-state index in [0.29, 0.717) is 25.5 Å². The van der Waals surface area contributed by atoms with Crippen molar-refractivity contribution >= 4 is 15.9 Å². The number of hydrogen-bond donors (Lipinski definition) is 1. The molecule has 0 radical (unpaired) electrons. The summed E-state index contributed by atoms with van der Waals surface area (Å²) in [6.07, 6.45) is 2.61. The first-order chi connectivity index (χ1) is 13.2. The van der Waals surface area contributed by atoms with Crippen LogP contribution in [0.3, 0.4) is 0 Å². The second-order valence-corrected chi connectivity index (χ2v) is 9.71. The largest absolute Gasteiger partial charge is 0.447 e. The van der Waals surface area contributed by atoms with Gasteiger partial charge < -0.3 is 14.5 Å². The molecule has 0 saturated carbocycles. The highest BCUT2D eigenvalue weighted by atomic mass is 32.2. The van der Waals surface area contributed by atoms with Gasteiger partial charge in [-0.15, -0.1) is 0 Å². The number of rotatable bonds is 10. The lowest BCUT2D eigenvalue weighted by atomic mass is 9.96. The van der Waals surface area contributed by atoms with Gasteiger partial charge in [0.15, 0.2) is 0 Å². The van der Waals surface area contributed by atoms with Crippen LogP contribution in [0.25, 0.3) is 0 Å². The lowest BCUT2D eigenvalue weighted by molar-refractivity contribution is -0.126. The zero-order valence-corrected chi connectivity index (χ0v) is 18.1. The van der Waals surface area contributed by atoms with Crippen LogP contribution in [-0.2, 0) is 26.1 Å². The minimum Gasteiger partial charge on any atom is -0.447 e. The molecule has 0 atom stereocenters. The van der Waals surface area contributed by atoms with E-state index in [4.69, 9.17) is 9.15 Å². The van der Waals surface area contributed by atoms with Crippen molar-refractivity contribution in [3.05, 3.63) is 17.9 Å². The van der Waals surface area contributed by atoms with E-state index in [-0.39, 0.29) is 23.0 Å². The quantitative estimate of drug-likeness (QED) is 0.585. The Hall–Kier alpha value is -1.42. The third-order valence-corrected chi connectivity index (χ3v) is 6.47. The van der Waals surface area contributed by atoms with Crippen molar-refractivity contribution in [1.82, 2.24) is 14.5 Å².